The van der Waals surface area contributed by atoms with Crippen molar-refractivity contribution in [3.63, 3.8) is 0 Å². The van der Waals surface area contributed by atoms with Crippen molar-refractivity contribution in [1.29, 1.82) is 0 Å². The Hall–Kier alpha value is -2.41. The lowest BCUT2D eigenvalue weighted by molar-refractivity contribution is 0.0609. The van der Waals surface area contributed by atoms with Crippen molar-refractivity contribution in [2.24, 2.45) is 0 Å². The quantitative estimate of drug-likeness (QED) is 0.801. The van der Waals surface area contributed by atoms with Crippen LogP contribution in [0.1, 0.15) is 34.6 Å². The normalized spacial score (nSPS) is 17.7. The van der Waals surface area contributed by atoms with Crippen molar-refractivity contribution in [2.75, 3.05) is 31.5 Å². The van der Waals surface area contributed by atoms with Crippen LogP contribution >= 0.6 is 0 Å². The van der Waals surface area contributed by atoms with Crippen molar-refractivity contribution in [3.8, 4) is 0 Å². The molecule has 0 bridgehead atoms. The summed E-state index contributed by atoms with van der Waals surface area (Å²) in [5.74, 6) is -0.585. The van der Waals surface area contributed by atoms with Crippen LogP contribution in [-0.4, -0.2) is 59.9 Å². The minimum Gasteiger partial charge on any atom is -0.322 e. The average molecular weight is 316 g/mol. The zero-order valence-electron chi connectivity index (χ0n) is 13.3. The molecule has 2 N–H and O–H groups in total. The van der Waals surface area contributed by atoms with Gasteiger partial charge in [0.1, 0.15) is 0 Å². The number of nitrogens with one attached hydrogen (secondary N) is 2. The molecule has 0 radical (unpaired) electrons. The standard InChI is InChI=1S/C16H20N4O3/c1-10(2)20-14(21)12-4-3-11(9-13(12)15(20)22)18-16(23)19-7-5-17-6-8-19/h3-4,9-10,17H,5-8H2,1-2H3,(H,18,23). The van der Waals surface area contributed by atoms with E-state index in [1.54, 1.807) is 36.9 Å². The maximum atomic E-state index is 12.4. The van der Waals surface area contributed by atoms with Crippen LogP contribution in [0.25, 0.3) is 0 Å². The van der Waals surface area contributed by atoms with Gasteiger partial charge in [0.05, 0.1) is 11.1 Å². The van der Waals surface area contributed by atoms with Crippen LogP contribution in [0.15, 0.2) is 18.2 Å². The first kappa shape index (κ1) is 15.5. The summed E-state index contributed by atoms with van der Waals surface area (Å²) in [6, 6.07) is 4.46. The summed E-state index contributed by atoms with van der Waals surface area (Å²) in [6.45, 7) is 6.44. The fraction of sp³-hybridized carbons (Fsp3) is 0.438. The van der Waals surface area contributed by atoms with Gasteiger partial charge in [0.2, 0.25) is 0 Å². The van der Waals surface area contributed by atoms with Crippen molar-refractivity contribution in [2.45, 2.75) is 19.9 Å². The molecule has 3 rings (SSSR count). The molecular formula is C16H20N4O3. The van der Waals surface area contributed by atoms with Gasteiger partial charge < -0.3 is 15.5 Å². The number of hydrogen-bond acceptors (Lipinski definition) is 4. The number of piperazine rings is 1. The van der Waals surface area contributed by atoms with E-state index in [2.05, 4.69) is 10.6 Å². The molecule has 1 aromatic carbocycles. The maximum absolute atomic E-state index is 12.4. The predicted octanol–water partition coefficient (Wildman–Crippen LogP) is 1.13. The lowest BCUT2D eigenvalue weighted by Crippen LogP contribution is -2.48. The third kappa shape index (κ3) is 2.79. The molecule has 2 aliphatic heterocycles. The predicted molar refractivity (Wildman–Crippen MR) is 85.5 cm³/mol. The molecule has 2 aliphatic rings. The highest BCUT2D eigenvalue weighted by molar-refractivity contribution is 6.22. The number of rotatable bonds is 2. The second-order valence-corrected chi connectivity index (χ2v) is 6.00. The Balaban J connectivity index is 1.79. The van der Waals surface area contributed by atoms with Crippen LogP contribution in [0.4, 0.5) is 10.5 Å². The second kappa shape index (κ2) is 6.00. The van der Waals surface area contributed by atoms with Gasteiger partial charge in [-0.25, -0.2) is 4.79 Å². The number of hydrogen-bond donors (Lipinski definition) is 2. The van der Waals surface area contributed by atoms with Crippen LogP contribution in [0.2, 0.25) is 0 Å². The van der Waals surface area contributed by atoms with Gasteiger partial charge in [-0.05, 0) is 32.0 Å². The summed E-state index contributed by atoms with van der Waals surface area (Å²) in [5.41, 5.74) is 1.27. The zero-order valence-corrected chi connectivity index (χ0v) is 13.3. The lowest BCUT2D eigenvalue weighted by Gasteiger charge is -2.27. The Kier molecular flexibility index (Phi) is 4.04. The smallest absolute Gasteiger partial charge is 0.321 e. The molecule has 0 unspecified atom stereocenters. The molecule has 0 aromatic heterocycles. The highest BCUT2D eigenvalue weighted by Crippen LogP contribution is 2.27. The summed E-state index contributed by atoms with van der Waals surface area (Å²) in [5, 5.41) is 5.98. The lowest BCUT2D eigenvalue weighted by atomic mass is 10.1. The summed E-state index contributed by atoms with van der Waals surface area (Å²) < 4.78 is 0. The summed E-state index contributed by atoms with van der Waals surface area (Å²) in [4.78, 5) is 39.8. The minimum absolute atomic E-state index is 0.191. The third-order valence-electron chi connectivity index (χ3n) is 4.09. The summed E-state index contributed by atoms with van der Waals surface area (Å²) >= 11 is 0. The Labute approximate surface area is 134 Å². The van der Waals surface area contributed by atoms with Gasteiger partial charge >= 0.3 is 6.03 Å². The Morgan fingerprint density at radius 2 is 1.78 bits per heavy atom. The van der Waals surface area contributed by atoms with E-state index in [0.717, 1.165) is 13.1 Å². The zero-order chi connectivity index (χ0) is 16.6. The maximum Gasteiger partial charge on any atom is 0.321 e. The van der Waals surface area contributed by atoms with E-state index in [-0.39, 0.29) is 23.9 Å². The highest BCUT2D eigenvalue weighted by atomic mass is 16.2. The van der Waals surface area contributed by atoms with Crippen LogP contribution in [-0.2, 0) is 0 Å². The van der Waals surface area contributed by atoms with E-state index >= 15 is 0 Å². The largest absolute Gasteiger partial charge is 0.322 e. The van der Waals surface area contributed by atoms with Crippen molar-refractivity contribution in [3.05, 3.63) is 29.3 Å². The number of fused-ring (bicyclic) bond motifs is 1. The number of amides is 4. The molecule has 0 saturated carbocycles. The van der Waals surface area contributed by atoms with Crippen molar-refractivity contribution < 1.29 is 14.4 Å². The molecule has 1 saturated heterocycles. The van der Waals surface area contributed by atoms with E-state index in [1.807, 2.05) is 0 Å². The molecule has 23 heavy (non-hydrogen) atoms. The molecule has 1 aromatic rings. The number of carbonyl (C=O) groups is 3. The molecule has 4 amide bonds. The van der Waals surface area contributed by atoms with E-state index in [4.69, 9.17) is 0 Å². The fourth-order valence-electron chi connectivity index (χ4n) is 2.88. The van der Waals surface area contributed by atoms with Gasteiger partial charge in [0.15, 0.2) is 0 Å². The van der Waals surface area contributed by atoms with Crippen molar-refractivity contribution >= 4 is 23.5 Å². The number of urea groups is 1. The van der Waals surface area contributed by atoms with E-state index in [0.29, 0.717) is 29.9 Å². The topological polar surface area (TPSA) is 81.8 Å². The fourth-order valence-corrected chi connectivity index (χ4v) is 2.88. The molecule has 0 atom stereocenters. The minimum atomic E-state index is -0.307. The Morgan fingerprint density at radius 1 is 1.13 bits per heavy atom. The molecule has 122 valence electrons. The van der Waals surface area contributed by atoms with Gasteiger partial charge in [-0.1, -0.05) is 0 Å². The molecule has 7 nitrogen and oxygen atoms in total. The van der Waals surface area contributed by atoms with Crippen LogP contribution in [0, 0.1) is 0 Å². The van der Waals surface area contributed by atoms with Crippen LogP contribution < -0.4 is 10.6 Å². The first-order valence-corrected chi connectivity index (χ1v) is 7.77. The second-order valence-electron chi connectivity index (χ2n) is 6.00. The van der Waals surface area contributed by atoms with E-state index in [9.17, 15) is 14.4 Å². The Bertz CT molecular complexity index is 665. The monoisotopic (exact) mass is 316 g/mol. The van der Waals surface area contributed by atoms with Gasteiger partial charge in [-0.2, -0.15) is 0 Å². The Morgan fingerprint density at radius 3 is 2.43 bits per heavy atom. The first-order chi connectivity index (χ1) is 11.0. The third-order valence-corrected chi connectivity index (χ3v) is 4.09. The molecular weight excluding hydrogens is 296 g/mol. The number of carbonyl (C=O) groups excluding carboxylic acids is 3. The SMILES string of the molecule is CC(C)N1C(=O)c2ccc(NC(=O)N3CCNCC3)cc2C1=O. The number of benzene rings is 1. The highest BCUT2D eigenvalue weighted by Gasteiger charge is 2.37. The molecule has 7 heteroatoms. The average Bonchev–Trinajstić information content (AvgIpc) is 2.79. The summed E-state index contributed by atoms with van der Waals surface area (Å²) in [6.07, 6.45) is 0. The van der Waals surface area contributed by atoms with Crippen LogP contribution in [0.5, 0.6) is 0 Å². The van der Waals surface area contributed by atoms with E-state index < -0.39 is 0 Å². The van der Waals surface area contributed by atoms with Gasteiger partial charge in [0.25, 0.3) is 11.8 Å². The van der Waals surface area contributed by atoms with Gasteiger partial charge in [-0.3, -0.25) is 14.5 Å². The van der Waals surface area contributed by atoms with Crippen LogP contribution in [0.3, 0.4) is 0 Å². The molecule has 0 spiro atoms. The van der Waals surface area contributed by atoms with E-state index in [1.165, 1.54) is 4.90 Å². The number of imide groups is 1. The van der Waals surface area contributed by atoms with Crippen molar-refractivity contribution in [1.82, 2.24) is 15.1 Å². The molecule has 1 fully saturated rings. The number of anilines is 1. The summed E-state index contributed by atoms with van der Waals surface area (Å²) in [7, 11) is 0. The molecule has 2 heterocycles. The number of nitrogens with zero attached hydrogens (tertiary/aromatic N) is 2. The van der Waals surface area contributed by atoms with Gasteiger partial charge in [-0.15, -0.1) is 0 Å². The van der Waals surface area contributed by atoms with Gasteiger partial charge in [0, 0.05) is 37.9 Å². The first-order valence-electron chi connectivity index (χ1n) is 7.77. The molecule has 0 aliphatic carbocycles.